The van der Waals surface area contributed by atoms with Gasteiger partial charge in [0.1, 0.15) is 17.5 Å². The number of aromatic nitrogens is 4. The number of hydrogen-bond donors (Lipinski definition) is 1. The van der Waals surface area contributed by atoms with Crippen molar-refractivity contribution < 1.29 is 14.3 Å². The number of benzene rings is 2. The molecule has 0 bridgehead atoms. The van der Waals surface area contributed by atoms with E-state index in [-0.39, 0.29) is 24.3 Å². The van der Waals surface area contributed by atoms with Crippen LogP contribution < -0.4 is 20.6 Å². The summed E-state index contributed by atoms with van der Waals surface area (Å²) in [5, 5.41) is 4.60. The highest BCUT2D eigenvalue weighted by Gasteiger charge is 2.35. The number of carbonyl (C=O) groups excluding carboxylic acids is 2. The van der Waals surface area contributed by atoms with Crippen LogP contribution in [0.4, 0.5) is 5.69 Å². The van der Waals surface area contributed by atoms with Gasteiger partial charge in [0.2, 0.25) is 11.8 Å². The molecule has 0 radical (unpaired) electrons. The lowest BCUT2D eigenvalue weighted by Crippen LogP contribution is -2.37. The number of fused-ring (bicyclic) bond motifs is 1. The van der Waals surface area contributed by atoms with E-state index in [4.69, 9.17) is 4.74 Å². The number of carbonyl (C=O) groups is 2. The molecule has 5 rings (SSSR count). The smallest absolute Gasteiger partial charge is 0.283 e. The van der Waals surface area contributed by atoms with Crippen LogP contribution in [0.3, 0.4) is 0 Å². The van der Waals surface area contributed by atoms with E-state index in [1.165, 1.54) is 12.5 Å². The van der Waals surface area contributed by atoms with Gasteiger partial charge in [-0.05, 0) is 61.4 Å². The molecule has 178 valence electrons. The molecule has 35 heavy (non-hydrogen) atoms. The van der Waals surface area contributed by atoms with Crippen LogP contribution in [0.15, 0.2) is 59.8 Å². The number of nitrogens with one attached hydrogen (secondary N) is 1. The molecule has 1 aliphatic heterocycles. The predicted molar refractivity (Wildman–Crippen MR) is 130 cm³/mol. The van der Waals surface area contributed by atoms with Crippen molar-refractivity contribution in [3.63, 3.8) is 0 Å². The Morgan fingerprint density at radius 3 is 2.51 bits per heavy atom. The second kappa shape index (κ2) is 8.71. The van der Waals surface area contributed by atoms with Crippen molar-refractivity contribution in [2.24, 2.45) is 5.92 Å². The van der Waals surface area contributed by atoms with Crippen molar-refractivity contribution in [1.29, 1.82) is 0 Å². The van der Waals surface area contributed by atoms with Crippen LogP contribution in [0.2, 0.25) is 0 Å². The van der Waals surface area contributed by atoms with E-state index in [0.29, 0.717) is 17.1 Å². The highest BCUT2D eigenvalue weighted by atomic mass is 16.5. The number of aryl methyl sites for hydroxylation is 2. The maximum atomic E-state index is 13.0. The summed E-state index contributed by atoms with van der Waals surface area (Å²) in [6.07, 6.45) is 2.75. The minimum atomic E-state index is -0.606. The highest BCUT2D eigenvalue weighted by molar-refractivity contribution is 6.01. The fraction of sp³-hybridized carbons (Fsp3) is 0.240. The molecule has 0 saturated carbocycles. The Kier molecular flexibility index (Phi) is 5.56. The van der Waals surface area contributed by atoms with Gasteiger partial charge < -0.3 is 9.64 Å². The van der Waals surface area contributed by atoms with Crippen molar-refractivity contribution in [1.82, 2.24) is 19.4 Å². The Morgan fingerprint density at radius 1 is 1.06 bits per heavy atom. The number of amides is 2. The number of rotatable bonds is 5. The van der Waals surface area contributed by atoms with Crippen LogP contribution in [0.5, 0.6) is 5.75 Å². The second-order valence-corrected chi connectivity index (χ2v) is 8.56. The normalized spacial score (nSPS) is 15.6. The van der Waals surface area contributed by atoms with Crippen LogP contribution >= 0.6 is 0 Å². The fourth-order valence-electron chi connectivity index (χ4n) is 4.14. The van der Waals surface area contributed by atoms with Gasteiger partial charge >= 0.3 is 0 Å². The van der Waals surface area contributed by atoms with Gasteiger partial charge in [-0.15, -0.1) is 0 Å². The van der Waals surface area contributed by atoms with Crippen LogP contribution in [-0.2, 0) is 9.59 Å². The summed E-state index contributed by atoms with van der Waals surface area (Å²) in [5.41, 5.74) is 6.26. The molecule has 1 saturated heterocycles. The molecular weight excluding hydrogens is 448 g/mol. The number of ether oxygens (including phenoxy) is 1. The maximum Gasteiger partial charge on any atom is 0.283 e. The van der Waals surface area contributed by atoms with Gasteiger partial charge in [0.25, 0.3) is 5.56 Å². The van der Waals surface area contributed by atoms with Gasteiger partial charge in [-0.2, -0.15) is 5.10 Å². The third-order valence-corrected chi connectivity index (χ3v) is 6.33. The summed E-state index contributed by atoms with van der Waals surface area (Å²) in [6.45, 7) is 4.24. The minimum absolute atomic E-state index is 0.0486. The quantitative estimate of drug-likeness (QED) is 0.477. The van der Waals surface area contributed by atoms with Gasteiger partial charge in [-0.1, -0.05) is 6.07 Å². The largest absolute Gasteiger partial charge is 0.497 e. The molecule has 3 heterocycles. The van der Waals surface area contributed by atoms with Crippen LogP contribution in [-0.4, -0.2) is 44.9 Å². The Morgan fingerprint density at radius 2 is 1.80 bits per heavy atom. The Balaban J connectivity index is 1.35. The van der Waals surface area contributed by atoms with E-state index in [0.717, 1.165) is 21.5 Å². The molecule has 0 spiro atoms. The molecule has 2 amide bonds. The number of methoxy groups -OCH3 is 1. The first kappa shape index (κ1) is 22.3. The van der Waals surface area contributed by atoms with Gasteiger partial charge in [0.05, 0.1) is 24.9 Å². The Bertz CT molecular complexity index is 1500. The summed E-state index contributed by atoms with van der Waals surface area (Å²) in [6, 6.07) is 12.9. The summed E-state index contributed by atoms with van der Waals surface area (Å²) in [4.78, 5) is 44.4. The first-order chi connectivity index (χ1) is 16.9. The molecule has 10 nitrogen and oxygen atoms in total. The van der Waals surface area contributed by atoms with E-state index in [1.807, 2.05) is 32.0 Å². The van der Waals surface area contributed by atoms with E-state index in [9.17, 15) is 14.4 Å². The van der Waals surface area contributed by atoms with Crippen molar-refractivity contribution in [2.75, 3.05) is 24.0 Å². The maximum absolute atomic E-state index is 13.0. The molecule has 0 aliphatic carbocycles. The van der Waals surface area contributed by atoms with Crippen molar-refractivity contribution in [3.8, 4) is 11.4 Å². The van der Waals surface area contributed by atoms with Crippen molar-refractivity contribution in [2.45, 2.75) is 20.3 Å². The zero-order valence-electron chi connectivity index (χ0n) is 19.6. The van der Waals surface area contributed by atoms with E-state index in [2.05, 4.69) is 15.5 Å². The van der Waals surface area contributed by atoms with Crippen LogP contribution in [0, 0.1) is 19.8 Å². The van der Waals surface area contributed by atoms with Crippen molar-refractivity contribution in [3.05, 3.63) is 76.5 Å². The zero-order chi connectivity index (χ0) is 24.7. The molecule has 2 aromatic heterocycles. The predicted octanol–water partition coefficient (Wildman–Crippen LogP) is 2.33. The third kappa shape index (κ3) is 4.03. The minimum Gasteiger partial charge on any atom is -0.497 e. The third-order valence-electron chi connectivity index (χ3n) is 6.33. The molecule has 1 aliphatic rings. The first-order valence-electron chi connectivity index (χ1n) is 11.1. The highest BCUT2D eigenvalue weighted by Crippen LogP contribution is 2.27. The summed E-state index contributed by atoms with van der Waals surface area (Å²) in [7, 11) is 1.57. The molecule has 2 aromatic carbocycles. The zero-order valence-corrected chi connectivity index (χ0v) is 19.6. The molecule has 1 N–H and O–H groups in total. The molecular formula is C25H24N6O4. The number of nitrogens with zero attached hydrogens (tertiary/aromatic N) is 5. The van der Waals surface area contributed by atoms with Gasteiger partial charge in [-0.3, -0.25) is 19.8 Å². The van der Waals surface area contributed by atoms with Crippen molar-refractivity contribution >= 4 is 28.5 Å². The SMILES string of the molecule is COc1ccc(N2CC(C(=O)Nn3cnc4c(cnn4-c4ccc(C)c(C)c4)c3=O)CC2=O)cc1. The van der Waals surface area contributed by atoms with E-state index >= 15 is 0 Å². The Hall–Kier alpha value is -4.47. The summed E-state index contributed by atoms with van der Waals surface area (Å²) < 4.78 is 7.79. The van der Waals surface area contributed by atoms with E-state index < -0.39 is 17.4 Å². The standard InChI is InChI=1S/C25H24N6O4/c1-15-4-5-19(10-16(15)2)31-23-21(12-27-31)25(34)30(14-26-23)28-24(33)17-11-22(32)29(13-17)18-6-8-20(35-3)9-7-18/h4-10,12,14,17H,11,13H2,1-3H3,(H,28,33). The van der Waals surface area contributed by atoms with Gasteiger partial charge in [0.15, 0.2) is 5.65 Å². The summed E-state index contributed by atoms with van der Waals surface area (Å²) in [5.74, 6) is -0.520. The van der Waals surface area contributed by atoms with Gasteiger partial charge in [-0.25, -0.2) is 14.3 Å². The lowest BCUT2D eigenvalue weighted by atomic mass is 10.1. The second-order valence-electron chi connectivity index (χ2n) is 8.56. The molecule has 1 atom stereocenters. The average Bonchev–Trinajstić information content (AvgIpc) is 3.47. The lowest BCUT2D eigenvalue weighted by Gasteiger charge is -2.17. The Labute approximate surface area is 200 Å². The molecule has 1 unspecified atom stereocenters. The van der Waals surface area contributed by atoms with E-state index in [1.54, 1.807) is 41.0 Å². The summed E-state index contributed by atoms with van der Waals surface area (Å²) >= 11 is 0. The lowest BCUT2D eigenvalue weighted by molar-refractivity contribution is -0.123. The average molecular weight is 473 g/mol. The molecule has 1 fully saturated rings. The molecule has 10 heteroatoms. The number of anilines is 1. The van der Waals surface area contributed by atoms with Crippen LogP contribution in [0.25, 0.3) is 16.7 Å². The monoisotopic (exact) mass is 472 g/mol. The number of hydrogen-bond acceptors (Lipinski definition) is 6. The molecule has 4 aromatic rings. The van der Waals surface area contributed by atoms with Gasteiger partial charge in [0, 0.05) is 18.7 Å². The topological polar surface area (TPSA) is 111 Å². The van der Waals surface area contributed by atoms with Crippen LogP contribution in [0.1, 0.15) is 17.5 Å². The fourth-order valence-corrected chi connectivity index (χ4v) is 4.14. The first-order valence-corrected chi connectivity index (χ1v) is 11.1.